The summed E-state index contributed by atoms with van der Waals surface area (Å²) < 4.78 is 5.14. The molecule has 0 aromatic carbocycles. The third-order valence-electron chi connectivity index (χ3n) is 1.90. The molecule has 0 radical (unpaired) electrons. The molecule has 1 aromatic rings. The summed E-state index contributed by atoms with van der Waals surface area (Å²) >= 11 is 0. The predicted octanol–water partition coefficient (Wildman–Crippen LogP) is 0.140. The van der Waals surface area contributed by atoms with Gasteiger partial charge in [-0.15, -0.1) is 0 Å². The molecular formula is C8H9N3O2. The fourth-order valence-electron chi connectivity index (χ4n) is 1.14. The van der Waals surface area contributed by atoms with Gasteiger partial charge in [0, 0.05) is 7.05 Å². The van der Waals surface area contributed by atoms with E-state index in [2.05, 4.69) is 9.97 Å². The van der Waals surface area contributed by atoms with Crippen LogP contribution in [0.3, 0.4) is 0 Å². The van der Waals surface area contributed by atoms with Crippen molar-refractivity contribution in [3.63, 3.8) is 0 Å². The Hall–Kier alpha value is -1.65. The van der Waals surface area contributed by atoms with Crippen LogP contribution in [0.15, 0.2) is 6.20 Å². The smallest absolute Gasteiger partial charge is 0.265 e. The lowest BCUT2D eigenvalue weighted by Gasteiger charge is -2.24. The first-order chi connectivity index (χ1) is 6.18. The molecule has 13 heavy (non-hydrogen) atoms. The van der Waals surface area contributed by atoms with E-state index in [1.165, 1.54) is 4.90 Å². The van der Waals surface area contributed by atoms with Crippen molar-refractivity contribution in [2.24, 2.45) is 0 Å². The second kappa shape index (κ2) is 2.69. The van der Waals surface area contributed by atoms with Gasteiger partial charge in [0.25, 0.3) is 5.91 Å². The van der Waals surface area contributed by atoms with Crippen LogP contribution < -0.4 is 9.64 Å². The number of carbonyl (C=O) groups excluding carboxylic acids is 1. The molecule has 0 bridgehead atoms. The number of aromatic nitrogens is 2. The minimum Gasteiger partial charge on any atom is -0.478 e. The summed E-state index contributed by atoms with van der Waals surface area (Å²) in [7, 11) is 1.68. The molecular weight excluding hydrogens is 170 g/mol. The molecule has 1 aromatic heterocycles. The molecule has 0 unspecified atom stereocenters. The fourth-order valence-corrected chi connectivity index (χ4v) is 1.14. The number of amides is 1. The van der Waals surface area contributed by atoms with E-state index in [4.69, 9.17) is 4.74 Å². The van der Waals surface area contributed by atoms with Gasteiger partial charge in [-0.2, -0.15) is 0 Å². The highest BCUT2D eigenvalue weighted by molar-refractivity contribution is 5.95. The average molecular weight is 179 g/mol. The number of anilines is 1. The minimum atomic E-state index is -0.0920. The Bertz CT molecular complexity index is 364. The molecule has 0 saturated heterocycles. The number of rotatable bonds is 0. The van der Waals surface area contributed by atoms with Crippen molar-refractivity contribution in [3.05, 3.63) is 12.0 Å². The summed E-state index contributed by atoms with van der Waals surface area (Å²) in [6, 6.07) is 0. The van der Waals surface area contributed by atoms with Crippen molar-refractivity contribution in [1.82, 2.24) is 9.97 Å². The largest absolute Gasteiger partial charge is 0.478 e. The molecule has 0 spiro atoms. The summed E-state index contributed by atoms with van der Waals surface area (Å²) in [5.74, 6) is 1.64. The van der Waals surface area contributed by atoms with Gasteiger partial charge >= 0.3 is 0 Å². The Morgan fingerprint density at radius 3 is 3.15 bits per heavy atom. The van der Waals surface area contributed by atoms with Crippen molar-refractivity contribution < 1.29 is 9.53 Å². The molecule has 2 heterocycles. The second-order valence-corrected chi connectivity index (χ2v) is 2.85. The van der Waals surface area contributed by atoms with Crippen LogP contribution in [0.2, 0.25) is 0 Å². The van der Waals surface area contributed by atoms with E-state index < -0.39 is 0 Å². The van der Waals surface area contributed by atoms with Crippen LogP contribution in [0.25, 0.3) is 0 Å². The number of hydrogen-bond donors (Lipinski definition) is 0. The summed E-state index contributed by atoms with van der Waals surface area (Å²) in [5.41, 5.74) is 0. The number of hydrogen-bond acceptors (Lipinski definition) is 4. The van der Waals surface area contributed by atoms with Crippen LogP contribution in [-0.2, 0) is 4.79 Å². The van der Waals surface area contributed by atoms with Crippen LogP contribution in [-0.4, -0.2) is 29.5 Å². The first kappa shape index (κ1) is 7.97. The molecule has 0 atom stereocenters. The van der Waals surface area contributed by atoms with Crippen molar-refractivity contribution >= 4 is 11.7 Å². The van der Waals surface area contributed by atoms with E-state index in [1.807, 2.05) is 0 Å². The van der Waals surface area contributed by atoms with E-state index in [-0.39, 0.29) is 12.5 Å². The van der Waals surface area contributed by atoms with Gasteiger partial charge in [-0.3, -0.25) is 9.69 Å². The number of likely N-dealkylation sites (N-methyl/N-ethyl adjacent to an activating group) is 1. The highest BCUT2D eigenvalue weighted by Crippen LogP contribution is 2.27. The maximum absolute atomic E-state index is 11.2. The van der Waals surface area contributed by atoms with Gasteiger partial charge in [-0.25, -0.2) is 9.97 Å². The molecule has 5 nitrogen and oxygen atoms in total. The molecule has 0 saturated carbocycles. The zero-order valence-electron chi connectivity index (χ0n) is 7.44. The first-order valence-corrected chi connectivity index (χ1v) is 3.91. The minimum absolute atomic E-state index is 0.0654. The second-order valence-electron chi connectivity index (χ2n) is 2.85. The molecule has 1 aliphatic rings. The average Bonchev–Trinajstić information content (AvgIpc) is 2.12. The van der Waals surface area contributed by atoms with E-state index in [9.17, 15) is 4.79 Å². The van der Waals surface area contributed by atoms with Gasteiger partial charge in [0.1, 0.15) is 5.82 Å². The third kappa shape index (κ3) is 1.22. The fraction of sp³-hybridized carbons (Fsp3) is 0.375. The highest BCUT2D eigenvalue weighted by atomic mass is 16.5. The van der Waals surface area contributed by atoms with Crippen LogP contribution in [0.5, 0.6) is 5.75 Å². The number of aryl methyl sites for hydroxylation is 1. The normalized spacial score (nSPS) is 15.2. The van der Waals surface area contributed by atoms with Gasteiger partial charge in [-0.05, 0) is 6.92 Å². The summed E-state index contributed by atoms with van der Waals surface area (Å²) in [6.45, 7) is 1.84. The Morgan fingerprint density at radius 1 is 1.62 bits per heavy atom. The van der Waals surface area contributed by atoms with Crippen LogP contribution in [0.4, 0.5) is 5.82 Å². The van der Waals surface area contributed by atoms with E-state index >= 15 is 0 Å². The number of fused-ring (bicyclic) bond motifs is 1. The van der Waals surface area contributed by atoms with Crippen molar-refractivity contribution in [2.75, 3.05) is 18.6 Å². The molecule has 0 fully saturated rings. The molecule has 0 aliphatic carbocycles. The molecule has 2 rings (SSSR count). The Labute approximate surface area is 75.4 Å². The van der Waals surface area contributed by atoms with Crippen LogP contribution in [0, 0.1) is 6.92 Å². The first-order valence-electron chi connectivity index (χ1n) is 3.91. The monoisotopic (exact) mass is 179 g/mol. The topological polar surface area (TPSA) is 55.3 Å². The Kier molecular flexibility index (Phi) is 1.65. The van der Waals surface area contributed by atoms with Crippen molar-refractivity contribution in [3.8, 4) is 5.75 Å². The third-order valence-corrected chi connectivity index (χ3v) is 1.90. The van der Waals surface area contributed by atoms with Gasteiger partial charge < -0.3 is 4.74 Å². The van der Waals surface area contributed by atoms with Crippen LogP contribution in [0.1, 0.15) is 5.82 Å². The van der Waals surface area contributed by atoms with Crippen LogP contribution >= 0.6 is 0 Å². The highest BCUT2D eigenvalue weighted by Gasteiger charge is 2.23. The number of ether oxygens (including phenoxy) is 1. The Morgan fingerprint density at radius 2 is 2.38 bits per heavy atom. The van der Waals surface area contributed by atoms with Gasteiger partial charge in [-0.1, -0.05) is 0 Å². The van der Waals surface area contributed by atoms with Crippen molar-refractivity contribution in [2.45, 2.75) is 6.92 Å². The maximum atomic E-state index is 11.2. The SMILES string of the molecule is Cc1ncc2c(n1)N(C)C(=O)CO2. The van der Waals surface area contributed by atoms with Gasteiger partial charge in [0.2, 0.25) is 0 Å². The molecule has 1 aliphatic heterocycles. The molecule has 1 amide bonds. The van der Waals surface area contributed by atoms with E-state index in [0.29, 0.717) is 17.4 Å². The summed E-state index contributed by atoms with van der Waals surface area (Å²) in [5, 5.41) is 0. The molecule has 68 valence electrons. The number of nitrogens with zero attached hydrogens (tertiary/aromatic N) is 3. The van der Waals surface area contributed by atoms with Crippen molar-refractivity contribution in [1.29, 1.82) is 0 Å². The standard InChI is InChI=1S/C8H9N3O2/c1-5-9-3-6-8(10-5)11(2)7(12)4-13-6/h3H,4H2,1-2H3. The molecule has 0 N–H and O–H groups in total. The quantitative estimate of drug-likeness (QED) is 0.568. The van der Waals surface area contributed by atoms with Gasteiger partial charge in [0.15, 0.2) is 18.2 Å². The molecule has 5 heteroatoms. The summed E-state index contributed by atoms with van der Waals surface area (Å²) in [6.07, 6.45) is 1.58. The van der Waals surface area contributed by atoms with E-state index in [1.54, 1.807) is 20.2 Å². The lowest BCUT2D eigenvalue weighted by atomic mass is 10.4. The lowest BCUT2D eigenvalue weighted by Crippen LogP contribution is -2.36. The number of carbonyl (C=O) groups is 1. The maximum Gasteiger partial charge on any atom is 0.265 e. The zero-order valence-corrected chi connectivity index (χ0v) is 7.44. The summed E-state index contributed by atoms with van der Waals surface area (Å²) in [4.78, 5) is 20.8. The lowest BCUT2D eigenvalue weighted by molar-refractivity contribution is -0.121. The van der Waals surface area contributed by atoms with Gasteiger partial charge in [0.05, 0.1) is 6.20 Å². The zero-order chi connectivity index (χ0) is 9.42. The van der Waals surface area contributed by atoms with E-state index in [0.717, 1.165) is 0 Å². The Balaban J connectivity index is 2.51. The predicted molar refractivity (Wildman–Crippen MR) is 45.7 cm³/mol.